The van der Waals surface area contributed by atoms with E-state index in [0.717, 1.165) is 20.6 Å². The molecule has 19 heavy (non-hydrogen) atoms. The van der Waals surface area contributed by atoms with Gasteiger partial charge in [-0.25, -0.2) is 0 Å². The maximum absolute atomic E-state index is 9.73. The Labute approximate surface area is 128 Å². The Morgan fingerprint density at radius 1 is 1.26 bits per heavy atom. The molecule has 0 radical (unpaired) electrons. The first-order chi connectivity index (χ1) is 8.99. The first kappa shape index (κ1) is 16.5. The van der Waals surface area contributed by atoms with Gasteiger partial charge in [-0.15, -0.1) is 0 Å². The van der Waals surface area contributed by atoms with Crippen LogP contribution in [0.1, 0.15) is 19.4 Å². The van der Waals surface area contributed by atoms with Crippen LogP contribution in [0.4, 0.5) is 0 Å². The zero-order chi connectivity index (χ0) is 14.4. The van der Waals surface area contributed by atoms with Crippen LogP contribution in [0.25, 0.3) is 0 Å². The Morgan fingerprint density at radius 3 is 2.47 bits per heavy atom. The van der Waals surface area contributed by atoms with Gasteiger partial charge in [0.05, 0.1) is 23.9 Å². The maximum Gasteiger partial charge on any atom is 0.174 e. The van der Waals surface area contributed by atoms with E-state index in [2.05, 4.69) is 34.0 Å². The summed E-state index contributed by atoms with van der Waals surface area (Å²) in [5, 5.41) is 13.0. The number of benzene rings is 1. The highest BCUT2D eigenvalue weighted by atomic mass is 127. The third-order valence-electron chi connectivity index (χ3n) is 2.95. The molecule has 1 rings (SSSR count). The van der Waals surface area contributed by atoms with Crippen molar-refractivity contribution in [2.75, 3.05) is 20.8 Å². The van der Waals surface area contributed by atoms with Crippen LogP contribution in [0.2, 0.25) is 0 Å². The molecule has 1 unspecified atom stereocenters. The van der Waals surface area contributed by atoms with Crippen molar-refractivity contribution in [1.82, 2.24) is 5.32 Å². The Hall–Kier alpha value is -0.530. The van der Waals surface area contributed by atoms with Crippen LogP contribution in [0, 0.1) is 9.49 Å². The molecule has 0 aromatic heterocycles. The molecule has 4 nitrogen and oxygen atoms in total. The van der Waals surface area contributed by atoms with Crippen LogP contribution >= 0.6 is 22.6 Å². The van der Waals surface area contributed by atoms with E-state index in [1.54, 1.807) is 14.2 Å². The van der Waals surface area contributed by atoms with Crippen molar-refractivity contribution >= 4 is 22.6 Å². The monoisotopic (exact) mass is 379 g/mol. The number of rotatable bonds is 7. The van der Waals surface area contributed by atoms with Crippen molar-refractivity contribution in [2.45, 2.75) is 26.5 Å². The molecule has 0 fully saturated rings. The predicted octanol–water partition coefficient (Wildman–Crippen LogP) is 2.41. The van der Waals surface area contributed by atoms with E-state index in [1.165, 1.54) is 0 Å². The lowest BCUT2D eigenvalue weighted by molar-refractivity contribution is 0.123. The first-order valence-corrected chi connectivity index (χ1v) is 7.36. The lowest BCUT2D eigenvalue weighted by atomic mass is 10.1. The van der Waals surface area contributed by atoms with E-state index < -0.39 is 0 Å². The summed E-state index contributed by atoms with van der Waals surface area (Å²) in [6, 6.07) is 4.01. The molecule has 2 N–H and O–H groups in total. The second-order valence-electron chi connectivity index (χ2n) is 4.76. The van der Waals surface area contributed by atoms with Crippen molar-refractivity contribution in [3.05, 3.63) is 21.3 Å². The van der Waals surface area contributed by atoms with Gasteiger partial charge in [-0.2, -0.15) is 0 Å². The number of hydrogen-bond donors (Lipinski definition) is 2. The number of aliphatic hydroxyl groups excluding tert-OH is 1. The number of methoxy groups -OCH3 is 2. The average Bonchev–Trinajstić information content (AvgIpc) is 2.37. The minimum absolute atomic E-state index is 0.262. The van der Waals surface area contributed by atoms with Gasteiger partial charge >= 0.3 is 0 Å². The van der Waals surface area contributed by atoms with E-state index in [1.807, 2.05) is 19.9 Å². The van der Waals surface area contributed by atoms with Crippen LogP contribution < -0.4 is 14.8 Å². The van der Waals surface area contributed by atoms with Gasteiger partial charge in [0.1, 0.15) is 0 Å². The zero-order valence-electron chi connectivity index (χ0n) is 11.9. The van der Waals surface area contributed by atoms with E-state index in [-0.39, 0.29) is 12.0 Å². The lowest BCUT2D eigenvalue weighted by Gasteiger charge is -2.16. The first-order valence-electron chi connectivity index (χ1n) is 6.28. The zero-order valence-corrected chi connectivity index (χ0v) is 14.0. The smallest absolute Gasteiger partial charge is 0.174 e. The van der Waals surface area contributed by atoms with Crippen LogP contribution in [0.15, 0.2) is 12.1 Å². The van der Waals surface area contributed by atoms with E-state index in [4.69, 9.17) is 9.47 Å². The van der Waals surface area contributed by atoms with Gasteiger partial charge in [0.15, 0.2) is 11.5 Å². The Balaban J connectivity index is 2.67. The number of halogens is 1. The quantitative estimate of drug-likeness (QED) is 0.715. The fourth-order valence-corrected chi connectivity index (χ4v) is 2.56. The minimum atomic E-state index is -0.320. The van der Waals surface area contributed by atoms with Gasteiger partial charge in [0.2, 0.25) is 0 Å². The average molecular weight is 379 g/mol. The SMILES string of the molecule is COc1cc(CNCC(O)C(C)C)cc(I)c1OC. The third kappa shape index (κ3) is 4.81. The van der Waals surface area contributed by atoms with Crippen LogP contribution in [0.5, 0.6) is 11.5 Å². The van der Waals surface area contributed by atoms with E-state index >= 15 is 0 Å². The fourth-order valence-electron chi connectivity index (χ4n) is 1.67. The second-order valence-corrected chi connectivity index (χ2v) is 5.92. The third-order valence-corrected chi connectivity index (χ3v) is 3.75. The number of ether oxygens (including phenoxy) is 2. The standard InChI is InChI=1S/C14H22INO3/c1-9(2)12(17)8-16-7-10-5-11(15)14(19-4)13(6-10)18-3/h5-6,9,12,16-17H,7-8H2,1-4H3. The van der Waals surface area contributed by atoms with Gasteiger partial charge in [-0.05, 0) is 46.2 Å². The van der Waals surface area contributed by atoms with Crippen LogP contribution in [-0.4, -0.2) is 32.0 Å². The molecule has 0 spiro atoms. The van der Waals surface area contributed by atoms with Crippen molar-refractivity contribution in [3.8, 4) is 11.5 Å². The van der Waals surface area contributed by atoms with E-state index in [9.17, 15) is 5.11 Å². The Bertz CT molecular complexity index is 410. The molecular formula is C14H22INO3. The predicted molar refractivity (Wildman–Crippen MR) is 84.8 cm³/mol. The van der Waals surface area contributed by atoms with Crippen molar-refractivity contribution < 1.29 is 14.6 Å². The van der Waals surface area contributed by atoms with Gasteiger partial charge in [-0.3, -0.25) is 0 Å². The highest BCUT2D eigenvalue weighted by Gasteiger charge is 2.11. The summed E-state index contributed by atoms with van der Waals surface area (Å²) in [5.74, 6) is 1.75. The molecule has 0 bridgehead atoms. The summed E-state index contributed by atoms with van der Waals surface area (Å²) in [6.07, 6.45) is -0.320. The molecule has 0 aliphatic heterocycles. The van der Waals surface area contributed by atoms with Gasteiger partial charge in [0.25, 0.3) is 0 Å². The normalized spacial score (nSPS) is 12.6. The summed E-state index contributed by atoms with van der Waals surface area (Å²) in [4.78, 5) is 0. The minimum Gasteiger partial charge on any atom is -0.493 e. The molecular weight excluding hydrogens is 357 g/mol. The van der Waals surface area contributed by atoms with Crippen LogP contribution in [0.3, 0.4) is 0 Å². The molecule has 1 aromatic rings. The Kier molecular flexibility index (Phi) is 6.88. The van der Waals surface area contributed by atoms with Crippen molar-refractivity contribution in [2.24, 2.45) is 5.92 Å². The van der Waals surface area contributed by atoms with Gasteiger partial charge in [0, 0.05) is 13.1 Å². The van der Waals surface area contributed by atoms with Gasteiger partial charge in [-0.1, -0.05) is 13.8 Å². The van der Waals surface area contributed by atoms with Crippen molar-refractivity contribution in [1.29, 1.82) is 0 Å². The molecule has 0 saturated heterocycles. The van der Waals surface area contributed by atoms with Crippen molar-refractivity contribution in [3.63, 3.8) is 0 Å². The summed E-state index contributed by atoms with van der Waals surface area (Å²) in [6.45, 7) is 5.29. The molecule has 108 valence electrons. The highest BCUT2D eigenvalue weighted by molar-refractivity contribution is 14.1. The molecule has 0 aliphatic rings. The fraction of sp³-hybridized carbons (Fsp3) is 0.571. The van der Waals surface area contributed by atoms with Gasteiger partial charge < -0.3 is 19.9 Å². The molecule has 0 aliphatic carbocycles. The highest BCUT2D eigenvalue weighted by Crippen LogP contribution is 2.33. The summed E-state index contributed by atoms with van der Waals surface area (Å²) in [7, 11) is 3.27. The van der Waals surface area contributed by atoms with E-state index in [0.29, 0.717) is 13.1 Å². The second kappa shape index (κ2) is 7.91. The number of nitrogens with one attached hydrogen (secondary N) is 1. The molecule has 0 saturated carbocycles. The van der Waals surface area contributed by atoms with Crippen LogP contribution in [-0.2, 0) is 6.54 Å². The molecule has 1 atom stereocenters. The number of hydrogen-bond acceptors (Lipinski definition) is 4. The lowest BCUT2D eigenvalue weighted by Crippen LogP contribution is -2.30. The summed E-state index contributed by atoms with van der Waals surface area (Å²) < 4.78 is 11.6. The molecule has 0 amide bonds. The molecule has 1 aromatic carbocycles. The topological polar surface area (TPSA) is 50.7 Å². The Morgan fingerprint density at radius 2 is 1.95 bits per heavy atom. The molecule has 0 heterocycles. The summed E-state index contributed by atoms with van der Waals surface area (Å²) >= 11 is 2.23. The molecule has 5 heteroatoms. The maximum atomic E-state index is 9.73. The largest absolute Gasteiger partial charge is 0.493 e. The number of aliphatic hydroxyl groups is 1. The summed E-state index contributed by atoms with van der Waals surface area (Å²) in [5.41, 5.74) is 1.11.